The molecular weight excluding hydrogens is 180 g/mol. The number of aliphatic hydroxyl groups excluding tert-OH is 1. The van der Waals surface area contributed by atoms with Crippen LogP contribution < -0.4 is 0 Å². The van der Waals surface area contributed by atoms with Gasteiger partial charge >= 0.3 is 0 Å². The summed E-state index contributed by atoms with van der Waals surface area (Å²) in [5.74, 6) is 0.880. The van der Waals surface area contributed by atoms with Gasteiger partial charge in [0.05, 0.1) is 6.61 Å². The predicted octanol–water partition coefficient (Wildman–Crippen LogP) is 2.51. The highest BCUT2D eigenvalue weighted by Crippen LogP contribution is 2.06. The van der Waals surface area contributed by atoms with Crippen molar-refractivity contribution >= 4 is 18.7 Å². The van der Waals surface area contributed by atoms with Crippen LogP contribution in [0, 0.1) is 0 Å². The van der Waals surface area contributed by atoms with Gasteiger partial charge in [0.1, 0.15) is 0 Å². The maximum atomic E-state index is 8.81. The first-order valence-corrected chi connectivity index (χ1v) is 4.97. The summed E-state index contributed by atoms with van der Waals surface area (Å²) in [7, 11) is 0. The molecule has 13 heavy (non-hydrogen) atoms. The molecule has 0 spiro atoms. The summed E-state index contributed by atoms with van der Waals surface area (Å²) in [4.78, 5) is 0. The Morgan fingerprint density at radius 3 is 2.46 bits per heavy atom. The molecule has 0 radical (unpaired) electrons. The van der Waals surface area contributed by atoms with Gasteiger partial charge in [-0.2, -0.15) is 12.6 Å². The van der Waals surface area contributed by atoms with Crippen molar-refractivity contribution in [3.8, 4) is 0 Å². The van der Waals surface area contributed by atoms with E-state index in [2.05, 4.69) is 24.8 Å². The maximum Gasteiger partial charge on any atom is 0.0681 e. The summed E-state index contributed by atoms with van der Waals surface area (Å²) in [6.45, 7) is 0.112. The largest absolute Gasteiger partial charge is 0.392 e. The van der Waals surface area contributed by atoms with E-state index in [1.54, 1.807) is 0 Å². The highest BCUT2D eigenvalue weighted by Gasteiger charge is 1.88. The smallest absolute Gasteiger partial charge is 0.0681 e. The maximum absolute atomic E-state index is 8.81. The number of aliphatic hydroxyl groups is 1. The first-order chi connectivity index (χ1) is 6.36. The molecule has 1 nitrogen and oxygen atoms in total. The molecule has 0 fully saturated rings. The van der Waals surface area contributed by atoms with Gasteiger partial charge in [-0.15, -0.1) is 0 Å². The van der Waals surface area contributed by atoms with Gasteiger partial charge in [0.15, 0.2) is 0 Å². The molecule has 0 aliphatic heterocycles. The van der Waals surface area contributed by atoms with Gasteiger partial charge in [-0.25, -0.2) is 0 Å². The van der Waals surface area contributed by atoms with E-state index in [4.69, 9.17) is 5.11 Å². The summed E-state index contributed by atoms with van der Waals surface area (Å²) in [6.07, 6.45) is 5.16. The minimum atomic E-state index is 0.112. The van der Waals surface area contributed by atoms with Gasteiger partial charge < -0.3 is 5.11 Å². The molecule has 0 atom stereocenters. The van der Waals surface area contributed by atoms with Crippen molar-refractivity contribution in [2.45, 2.75) is 13.0 Å². The van der Waals surface area contributed by atoms with Gasteiger partial charge in [-0.05, 0) is 23.3 Å². The van der Waals surface area contributed by atoms with Crippen molar-refractivity contribution in [1.82, 2.24) is 0 Å². The van der Waals surface area contributed by atoms with Crippen molar-refractivity contribution in [1.29, 1.82) is 0 Å². The third kappa shape index (κ3) is 3.66. The molecule has 0 bridgehead atoms. The lowest BCUT2D eigenvalue weighted by molar-refractivity contribution is 0.282. The summed E-state index contributed by atoms with van der Waals surface area (Å²) in [5.41, 5.74) is 2.12. The molecule has 2 heteroatoms. The molecule has 0 heterocycles. The monoisotopic (exact) mass is 194 g/mol. The highest BCUT2D eigenvalue weighted by atomic mass is 32.1. The lowest BCUT2D eigenvalue weighted by Gasteiger charge is -1.96. The van der Waals surface area contributed by atoms with E-state index in [1.807, 2.05) is 24.3 Å². The first kappa shape index (κ1) is 10.4. The van der Waals surface area contributed by atoms with Crippen molar-refractivity contribution < 1.29 is 5.11 Å². The summed E-state index contributed by atoms with van der Waals surface area (Å²) in [6, 6.07) is 7.86. The Kier molecular flexibility index (Phi) is 4.65. The van der Waals surface area contributed by atoms with Gasteiger partial charge in [0.25, 0.3) is 0 Å². The molecule has 1 aromatic rings. The Morgan fingerprint density at radius 2 is 1.92 bits per heavy atom. The Bertz CT molecular complexity index is 264. The van der Waals surface area contributed by atoms with Crippen LogP contribution in [0.4, 0.5) is 0 Å². The summed E-state index contributed by atoms with van der Waals surface area (Å²) < 4.78 is 0. The average molecular weight is 194 g/mol. The lowest BCUT2D eigenvalue weighted by Crippen LogP contribution is -1.81. The predicted molar refractivity (Wildman–Crippen MR) is 59.9 cm³/mol. The number of hydrogen-bond donors (Lipinski definition) is 2. The van der Waals surface area contributed by atoms with E-state index in [0.717, 1.165) is 17.7 Å². The fraction of sp³-hybridized carbons (Fsp3) is 0.273. The Labute approximate surface area is 84.5 Å². The SMILES string of the molecule is OCc1ccc(C=CCCS)cc1. The third-order valence-corrected chi connectivity index (χ3v) is 2.03. The first-order valence-electron chi connectivity index (χ1n) is 4.34. The van der Waals surface area contributed by atoms with Crippen LogP contribution in [-0.2, 0) is 6.61 Å². The quantitative estimate of drug-likeness (QED) is 0.706. The van der Waals surface area contributed by atoms with Crippen LogP contribution in [0.5, 0.6) is 0 Å². The second-order valence-electron chi connectivity index (χ2n) is 2.81. The van der Waals surface area contributed by atoms with Crippen LogP contribution >= 0.6 is 12.6 Å². The summed E-state index contributed by atoms with van der Waals surface area (Å²) in [5, 5.41) is 8.81. The normalized spacial score (nSPS) is 10.9. The standard InChI is InChI=1S/C11H14OS/c12-9-11-6-4-10(5-7-11)3-1-2-8-13/h1,3-7,12-13H,2,8-9H2. The Morgan fingerprint density at radius 1 is 1.23 bits per heavy atom. The van der Waals surface area contributed by atoms with Gasteiger partial charge in [-0.3, -0.25) is 0 Å². The second-order valence-corrected chi connectivity index (χ2v) is 3.26. The van der Waals surface area contributed by atoms with Crippen LogP contribution in [0.3, 0.4) is 0 Å². The number of benzene rings is 1. The Hall–Kier alpha value is -0.730. The summed E-state index contributed by atoms with van der Waals surface area (Å²) >= 11 is 4.11. The molecule has 0 saturated heterocycles. The molecule has 0 amide bonds. The number of rotatable bonds is 4. The van der Waals surface area contributed by atoms with Gasteiger partial charge in [-0.1, -0.05) is 36.4 Å². The van der Waals surface area contributed by atoms with E-state index < -0.39 is 0 Å². The minimum Gasteiger partial charge on any atom is -0.392 e. The number of allylic oxidation sites excluding steroid dienone is 1. The van der Waals surface area contributed by atoms with Crippen molar-refractivity contribution in [3.05, 3.63) is 41.5 Å². The Balaban J connectivity index is 2.58. The van der Waals surface area contributed by atoms with Crippen LogP contribution in [-0.4, -0.2) is 10.9 Å². The fourth-order valence-corrected chi connectivity index (χ4v) is 1.18. The third-order valence-electron chi connectivity index (χ3n) is 1.77. The van der Waals surface area contributed by atoms with E-state index in [1.165, 1.54) is 5.56 Å². The number of thiol groups is 1. The average Bonchev–Trinajstić information content (AvgIpc) is 2.19. The molecule has 70 valence electrons. The molecule has 0 saturated carbocycles. The number of hydrogen-bond acceptors (Lipinski definition) is 2. The molecule has 0 aromatic heterocycles. The van der Waals surface area contributed by atoms with Crippen molar-refractivity contribution in [3.63, 3.8) is 0 Å². The second kappa shape index (κ2) is 5.84. The van der Waals surface area contributed by atoms with E-state index in [0.29, 0.717) is 0 Å². The molecule has 1 N–H and O–H groups in total. The van der Waals surface area contributed by atoms with Crippen LogP contribution in [0.25, 0.3) is 6.08 Å². The zero-order valence-corrected chi connectivity index (χ0v) is 8.37. The van der Waals surface area contributed by atoms with Crippen molar-refractivity contribution in [2.75, 3.05) is 5.75 Å². The topological polar surface area (TPSA) is 20.2 Å². The van der Waals surface area contributed by atoms with E-state index >= 15 is 0 Å². The lowest BCUT2D eigenvalue weighted by atomic mass is 10.1. The zero-order valence-electron chi connectivity index (χ0n) is 7.48. The molecule has 1 aromatic carbocycles. The molecule has 0 aliphatic carbocycles. The molecule has 0 aliphatic rings. The molecule has 0 unspecified atom stereocenters. The van der Waals surface area contributed by atoms with Gasteiger partial charge in [0, 0.05) is 0 Å². The van der Waals surface area contributed by atoms with Crippen LogP contribution in [0.1, 0.15) is 17.5 Å². The fourth-order valence-electron chi connectivity index (χ4n) is 1.03. The van der Waals surface area contributed by atoms with Crippen LogP contribution in [0.2, 0.25) is 0 Å². The van der Waals surface area contributed by atoms with E-state index in [9.17, 15) is 0 Å². The minimum absolute atomic E-state index is 0.112. The molecular formula is C11H14OS. The van der Waals surface area contributed by atoms with Crippen molar-refractivity contribution in [2.24, 2.45) is 0 Å². The van der Waals surface area contributed by atoms with Crippen LogP contribution in [0.15, 0.2) is 30.3 Å². The van der Waals surface area contributed by atoms with E-state index in [-0.39, 0.29) is 6.61 Å². The molecule has 1 rings (SSSR count). The highest BCUT2D eigenvalue weighted by molar-refractivity contribution is 7.80. The zero-order chi connectivity index (χ0) is 9.52. The van der Waals surface area contributed by atoms with Gasteiger partial charge in [0.2, 0.25) is 0 Å².